The second-order valence-corrected chi connectivity index (χ2v) is 10.7. The first-order valence-corrected chi connectivity index (χ1v) is 11.2. The van der Waals surface area contributed by atoms with Crippen molar-refractivity contribution in [1.82, 2.24) is 5.32 Å². The van der Waals surface area contributed by atoms with Gasteiger partial charge >= 0.3 is 5.97 Å². The van der Waals surface area contributed by atoms with E-state index < -0.39 is 35.2 Å². The van der Waals surface area contributed by atoms with Gasteiger partial charge in [0.25, 0.3) is 0 Å². The first-order valence-electron chi connectivity index (χ1n) is 10.0. The topological polar surface area (TPSA) is 78.4 Å². The number of carboxylic acids is 1. The van der Waals surface area contributed by atoms with Gasteiger partial charge in [0.15, 0.2) is 0 Å². The van der Waals surface area contributed by atoms with E-state index in [4.69, 9.17) is 11.6 Å². The van der Waals surface area contributed by atoms with Gasteiger partial charge in [0.1, 0.15) is 17.3 Å². The second-order valence-electron chi connectivity index (χ2n) is 9.43. The van der Waals surface area contributed by atoms with Crippen molar-refractivity contribution in [2.45, 2.75) is 50.6 Å². The number of carbonyl (C=O) groups excluding carboxylic acids is 1. The van der Waals surface area contributed by atoms with Gasteiger partial charge in [0.05, 0.1) is 4.47 Å². The molecule has 5 nitrogen and oxygen atoms in total. The Morgan fingerprint density at radius 2 is 2.00 bits per heavy atom. The van der Waals surface area contributed by atoms with Crippen molar-refractivity contribution < 1.29 is 19.1 Å². The zero-order chi connectivity index (χ0) is 22.7. The van der Waals surface area contributed by atoms with E-state index in [-0.39, 0.29) is 21.4 Å². The minimum Gasteiger partial charge on any atom is -0.480 e. The van der Waals surface area contributed by atoms with Crippen LogP contribution in [0.4, 0.5) is 10.1 Å². The third-order valence-electron chi connectivity index (χ3n) is 6.20. The van der Waals surface area contributed by atoms with E-state index >= 15 is 4.39 Å². The minimum atomic E-state index is -1.31. The van der Waals surface area contributed by atoms with Crippen LogP contribution in [0.1, 0.15) is 44.2 Å². The average Bonchev–Trinajstić information content (AvgIpc) is 3.12. The maximum atomic E-state index is 15.3. The molecular weight excluding hydrogens is 487 g/mol. The van der Waals surface area contributed by atoms with E-state index in [1.54, 1.807) is 36.4 Å². The number of rotatable bonds is 3. The third kappa shape index (κ3) is 3.47. The molecule has 0 saturated carbocycles. The van der Waals surface area contributed by atoms with E-state index in [1.807, 2.05) is 20.8 Å². The summed E-state index contributed by atoms with van der Waals surface area (Å²) in [5.74, 6) is -3.00. The molecule has 2 aromatic rings. The number of anilines is 1. The van der Waals surface area contributed by atoms with Crippen LogP contribution in [0.15, 0.2) is 40.9 Å². The third-order valence-corrected chi connectivity index (χ3v) is 7.05. The van der Waals surface area contributed by atoms with Crippen molar-refractivity contribution in [2.24, 2.45) is 5.41 Å². The molecule has 1 unspecified atom stereocenters. The highest BCUT2D eigenvalue weighted by Crippen LogP contribution is 2.57. The van der Waals surface area contributed by atoms with Crippen LogP contribution in [0.3, 0.4) is 0 Å². The van der Waals surface area contributed by atoms with Crippen LogP contribution in [0.5, 0.6) is 0 Å². The lowest BCUT2D eigenvalue weighted by atomic mass is 9.62. The Bertz CT molecular complexity index is 1090. The lowest BCUT2D eigenvalue weighted by Gasteiger charge is -2.37. The highest BCUT2D eigenvalue weighted by Gasteiger charge is 2.66. The molecule has 2 aliphatic rings. The smallest absolute Gasteiger partial charge is 0.321 e. The Kier molecular flexibility index (Phi) is 5.43. The number of hydrogen-bond acceptors (Lipinski definition) is 3. The number of nitrogens with one attached hydrogen (secondary N) is 2. The summed E-state index contributed by atoms with van der Waals surface area (Å²) in [5, 5.41) is 16.6. The van der Waals surface area contributed by atoms with Gasteiger partial charge in [-0.05, 0) is 57.1 Å². The SMILES string of the molecule is CC(C)(C)C[C@@H]1N[C@@H](C(=O)O)[C@H](c2cccc(Br)c2F)C12C(=O)Nc1cc(Cl)ccc12. The Morgan fingerprint density at radius 1 is 1.29 bits per heavy atom. The van der Waals surface area contributed by atoms with Crippen LogP contribution in [-0.4, -0.2) is 29.1 Å². The van der Waals surface area contributed by atoms with E-state index in [2.05, 4.69) is 26.6 Å². The largest absolute Gasteiger partial charge is 0.480 e. The van der Waals surface area contributed by atoms with Crippen molar-refractivity contribution in [3.63, 3.8) is 0 Å². The quantitative estimate of drug-likeness (QED) is 0.539. The predicted octanol–water partition coefficient (Wildman–Crippen LogP) is 5.08. The van der Waals surface area contributed by atoms with Gasteiger partial charge in [0, 0.05) is 22.7 Å². The zero-order valence-corrected chi connectivity index (χ0v) is 19.6. The molecule has 1 saturated heterocycles. The molecule has 2 aliphatic heterocycles. The van der Waals surface area contributed by atoms with Gasteiger partial charge in [-0.2, -0.15) is 0 Å². The molecule has 0 bridgehead atoms. The van der Waals surface area contributed by atoms with Gasteiger partial charge in [-0.3, -0.25) is 14.9 Å². The number of carboxylic acid groups (broad SMARTS) is 1. The number of amides is 1. The van der Waals surface area contributed by atoms with Crippen molar-refractivity contribution in [2.75, 3.05) is 5.32 Å². The number of hydrogen-bond donors (Lipinski definition) is 3. The summed E-state index contributed by atoms with van der Waals surface area (Å²) < 4.78 is 15.6. The lowest BCUT2D eigenvalue weighted by Crippen LogP contribution is -2.49. The molecule has 2 heterocycles. The van der Waals surface area contributed by atoms with E-state index in [1.165, 1.54) is 0 Å². The molecule has 4 atom stereocenters. The molecular formula is C23H23BrClFN2O3. The standard InChI is InChI=1S/C23H23BrClFN2O3/c1-22(2,3)10-16-23(13-8-7-11(25)9-15(13)27-21(23)31)17(19(28-16)20(29)30)12-5-4-6-14(24)18(12)26/h4-9,16-17,19,28H,10H2,1-3H3,(H,27,31)(H,29,30)/t16-,17-,19+,23?/m0/s1. The summed E-state index contributed by atoms with van der Waals surface area (Å²) in [6.07, 6.45) is 0.512. The Balaban J connectivity index is 2.04. The van der Waals surface area contributed by atoms with Crippen molar-refractivity contribution in [3.8, 4) is 0 Å². The monoisotopic (exact) mass is 508 g/mol. The molecule has 0 aromatic heterocycles. The van der Waals surface area contributed by atoms with Crippen LogP contribution in [0, 0.1) is 11.2 Å². The average molecular weight is 510 g/mol. The predicted molar refractivity (Wildman–Crippen MR) is 121 cm³/mol. The summed E-state index contributed by atoms with van der Waals surface area (Å²) in [5.41, 5.74) is -0.170. The summed E-state index contributed by atoms with van der Waals surface area (Å²) in [4.78, 5) is 26.0. The summed E-state index contributed by atoms with van der Waals surface area (Å²) in [6.45, 7) is 6.09. The van der Waals surface area contributed by atoms with Gasteiger partial charge in [-0.1, -0.05) is 50.6 Å². The molecule has 164 valence electrons. The number of carbonyl (C=O) groups is 2. The number of aliphatic carboxylic acids is 1. The molecule has 0 aliphatic carbocycles. The molecule has 0 radical (unpaired) electrons. The summed E-state index contributed by atoms with van der Waals surface area (Å²) in [6, 6.07) is 8.17. The molecule has 4 rings (SSSR count). The van der Waals surface area contributed by atoms with E-state index in [0.29, 0.717) is 22.7 Å². The highest BCUT2D eigenvalue weighted by atomic mass is 79.9. The second kappa shape index (κ2) is 7.57. The van der Waals surface area contributed by atoms with E-state index in [9.17, 15) is 14.7 Å². The lowest BCUT2D eigenvalue weighted by molar-refractivity contribution is -0.139. The van der Waals surface area contributed by atoms with Crippen molar-refractivity contribution in [1.29, 1.82) is 0 Å². The minimum absolute atomic E-state index is 0.184. The maximum Gasteiger partial charge on any atom is 0.321 e. The Morgan fingerprint density at radius 3 is 2.65 bits per heavy atom. The van der Waals surface area contributed by atoms with Gasteiger partial charge in [-0.25, -0.2) is 4.39 Å². The molecule has 8 heteroatoms. The van der Waals surface area contributed by atoms with Gasteiger partial charge in [-0.15, -0.1) is 0 Å². The van der Waals surface area contributed by atoms with Crippen LogP contribution < -0.4 is 10.6 Å². The van der Waals surface area contributed by atoms with Crippen LogP contribution in [-0.2, 0) is 15.0 Å². The number of halogens is 3. The molecule has 2 aromatic carbocycles. The Hall–Kier alpha value is -1.96. The van der Waals surface area contributed by atoms with E-state index in [0.717, 1.165) is 0 Å². The highest BCUT2D eigenvalue weighted by molar-refractivity contribution is 9.10. The van der Waals surface area contributed by atoms with Crippen LogP contribution in [0.2, 0.25) is 5.02 Å². The van der Waals surface area contributed by atoms with Crippen LogP contribution >= 0.6 is 27.5 Å². The van der Waals surface area contributed by atoms with Crippen LogP contribution in [0.25, 0.3) is 0 Å². The number of fused-ring (bicyclic) bond motifs is 2. The van der Waals surface area contributed by atoms with Crippen molar-refractivity contribution in [3.05, 3.63) is 62.8 Å². The Labute approximate surface area is 193 Å². The fourth-order valence-corrected chi connectivity index (χ4v) is 5.69. The maximum absolute atomic E-state index is 15.3. The van der Waals surface area contributed by atoms with Gasteiger partial charge in [0.2, 0.25) is 5.91 Å². The molecule has 1 amide bonds. The van der Waals surface area contributed by atoms with Gasteiger partial charge < -0.3 is 10.4 Å². The first-order chi connectivity index (χ1) is 14.5. The molecule has 3 N–H and O–H groups in total. The van der Waals surface area contributed by atoms with Crippen molar-refractivity contribution >= 4 is 45.1 Å². The summed E-state index contributed by atoms with van der Waals surface area (Å²) in [7, 11) is 0. The normalized spacial score (nSPS) is 27.4. The first kappa shape index (κ1) is 22.2. The zero-order valence-electron chi connectivity index (χ0n) is 17.3. The molecule has 31 heavy (non-hydrogen) atoms. The fourth-order valence-electron chi connectivity index (χ4n) is 5.14. The molecule has 1 fully saturated rings. The summed E-state index contributed by atoms with van der Waals surface area (Å²) >= 11 is 9.37. The molecule has 1 spiro atoms. The number of benzene rings is 2. The fraction of sp³-hybridized carbons (Fsp3) is 0.391.